The summed E-state index contributed by atoms with van der Waals surface area (Å²) >= 11 is 0. The van der Waals surface area contributed by atoms with Gasteiger partial charge in [0.15, 0.2) is 0 Å². The first-order valence-corrected chi connectivity index (χ1v) is 4.32. The molecule has 1 unspecified atom stereocenters. The summed E-state index contributed by atoms with van der Waals surface area (Å²) in [6.07, 6.45) is 0. The number of nitrogens with one attached hydrogen (secondary N) is 2. The Balaban J connectivity index is 2.29. The van der Waals surface area contributed by atoms with E-state index in [1.807, 2.05) is 0 Å². The van der Waals surface area contributed by atoms with Crippen molar-refractivity contribution in [3.63, 3.8) is 0 Å². The van der Waals surface area contributed by atoms with Crippen LogP contribution in [-0.2, 0) is 5.54 Å². The molecule has 1 aliphatic heterocycles. The number of hydrogen-bond donors (Lipinski definition) is 2. The molecule has 64 valence electrons. The van der Waals surface area contributed by atoms with Gasteiger partial charge in [0.1, 0.15) is 0 Å². The predicted molar refractivity (Wildman–Crippen MR) is 49.8 cm³/mol. The standard InChI is InChI=1S/C10H14N2/c1-10(7-11-8-12-10)9-5-3-2-4-6-9/h2-6,11-12H,7-8H2,1H3. The molecule has 2 heteroatoms. The van der Waals surface area contributed by atoms with E-state index in [4.69, 9.17) is 0 Å². The quantitative estimate of drug-likeness (QED) is 0.645. The Hall–Kier alpha value is -0.860. The SMILES string of the molecule is CC1(c2ccccc2)CNCN1. The van der Waals surface area contributed by atoms with E-state index in [9.17, 15) is 0 Å². The molecule has 1 aromatic carbocycles. The third-order valence-corrected chi connectivity index (χ3v) is 2.49. The van der Waals surface area contributed by atoms with Crippen LogP contribution < -0.4 is 10.6 Å². The number of benzene rings is 1. The first-order chi connectivity index (χ1) is 5.81. The fraction of sp³-hybridized carbons (Fsp3) is 0.400. The smallest absolute Gasteiger partial charge is 0.0542 e. The fourth-order valence-corrected chi connectivity index (χ4v) is 1.64. The van der Waals surface area contributed by atoms with Gasteiger partial charge in [0.25, 0.3) is 0 Å². The largest absolute Gasteiger partial charge is 0.302 e. The molecule has 1 atom stereocenters. The van der Waals surface area contributed by atoms with Crippen LogP contribution in [0.1, 0.15) is 12.5 Å². The van der Waals surface area contributed by atoms with Gasteiger partial charge in [-0.15, -0.1) is 0 Å². The Labute approximate surface area is 73.0 Å². The lowest BCUT2D eigenvalue weighted by molar-refractivity contribution is 0.461. The molecule has 1 fully saturated rings. The molecule has 0 spiro atoms. The molecule has 0 radical (unpaired) electrons. The Morgan fingerprint density at radius 2 is 2.00 bits per heavy atom. The van der Waals surface area contributed by atoms with Crippen LogP contribution in [-0.4, -0.2) is 13.2 Å². The number of rotatable bonds is 1. The Bertz CT molecular complexity index is 250. The normalized spacial score (nSPS) is 29.1. The predicted octanol–water partition coefficient (Wildman–Crippen LogP) is 1.05. The summed E-state index contributed by atoms with van der Waals surface area (Å²) in [5.41, 5.74) is 1.48. The van der Waals surface area contributed by atoms with E-state index in [2.05, 4.69) is 47.9 Å². The van der Waals surface area contributed by atoms with Crippen LogP contribution >= 0.6 is 0 Å². The van der Waals surface area contributed by atoms with Gasteiger partial charge in [0.2, 0.25) is 0 Å². The lowest BCUT2D eigenvalue weighted by atomic mass is 9.93. The van der Waals surface area contributed by atoms with E-state index in [-0.39, 0.29) is 5.54 Å². The lowest BCUT2D eigenvalue weighted by Gasteiger charge is -2.23. The summed E-state index contributed by atoms with van der Waals surface area (Å²) in [6, 6.07) is 10.6. The Kier molecular flexibility index (Phi) is 1.87. The van der Waals surface area contributed by atoms with Crippen molar-refractivity contribution in [2.75, 3.05) is 13.2 Å². The maximum absolute atomic E-state index is 3.44. The van der Waals surface area contributed by atoms with E-state index >= 15 is 0 Å². The lowest BCUT2D eigenvalue weighted by Crippen LogP contribution is -2.35. The molecule has 0 amide bonds. The average Bonchev–Trinajstić information content (AvgIpc) is 2.55. The van der Waals surface area contributed by atoms with Crippen molar-refractivity contribution in [3.8, 4) is 0 Å². The molecule has 1 saturated heterocycles. The van der Waals surface area contributed by atoms with Crippen molar-refractivity contribution in [3.05, 3.63) is 35.9 Å². The first kappa shape index (κ1) is 7.77. The van der Waals surface area contributed by atoms with E-state index < -0.39 is 0 Å². The maximum Gasteiger partial charge on any atom is 0.0542 e. The van der Waals surface area contributed by atoms with Crippen LogP contribution in [0.4, 0.5) is 0 Å². The second kappa shape index (κ2) is 2.88. The third kappa shape index (κ3) is 1.24. The monoisotopic (exact) mass is 162 g/mol. The summed E-state index contributed by atoms with van der Waals surface area (Å²) in [6.45, 7) is 4.14. The molecule has 1 heterocycles. The van der Waals surface area contributed by atoms with Crippen molar-refractivity contribution in [1.29, 1.82) is 0 Å². The molecule has 0 bridgehead atoms. The van der Waals surface area contributed by atoms with Gasteiger partial charge < -0.3 is 5.32 Å². The number of hydrogen-bond acceptors (Lipinski definition) is 2. The van der Waals surface area contributed by atoms with Crippen LogP contribution in [0.2, 0.25) is 0 Å². The minimum Gasteiger partial charge on any atom is -0.302 e. The van der Waals surface area contributed by atoms with Crippen LogP contribution in [0.5, 0.6) is 0 Å². The second-order valence-corrected chi connectivity index (χ2v) is 3.48. The van der Waals surface area contributed by atoms with E-state index in [1.165, 1.54) is 5.56 Å². The Morgan fingerprint density at radius 3 is 2.58 bits per heavy atom. The molecule has 0 aromatic heterocycles. The van der Waals surface area contributed by atoms with Gasteiger partial charge in [-0.3, -0.25) is 5.32 Å². The van der Waals surface area contributed by atoms with E-state index in [0.717, 1.165) is 13.2 Å². The molecule has 2 nitrogen and oxygen atoms in total. The first-order valence-electron chi connectivity index (χ1n) is 4.32. The molecule has 12 heavy (non-hydrogen) atoms. The molecule has 0 aliphatic carbocycles. The molecular formula is C10H14N2. The Morgan fingerprint density at radius 1 is 1.25 bits per heavy atom. The van der Waals surface area contributed by atoms with Gasteiger partial charge in [0.05, 0.1) is 5.54 Å². The van der Waals surface area contributed by atoms with Gasteiger partial charge in [-0.1, -0.05) is 30.3 Å². The van der Waals surface area contributed by atoms with Gasteiger partial charge in [-0.05, 0) is 12.5 Å². The topological polar surface area (TPSA) is 24.1 Å². The summed E-state index contributed by atoms with van der Waals surface area (Å²) in [5, 5.41) is 6.74. The van der Waals surface area contributed by atoms with Gasteiger partial charge >= 0.3 is 0 Å². The summed E-state index contributed by atoms with van der Waals surface area (Å²) in [5.74, 6) is 0. The zero-order valence-corrected chi connectivity index (χ0v) is 7.30. The molecule has 2 N–H and O–H groups in total. The highest BCUT2D eigenvalue weighted by atomic mass is 15.2. The maximum atomic E-state index is 3.44. The van der Waals surface area contributed by atoms with Crippen LogP contribution in [0.3, 0.4) is 0 Å². The minimum absolute atomic E-state index is 0.126. The molecule has 1 aliphatic rings. The van der Waals surface area contributed by atoms with Crippen molar-refractivity contribution >= 4 is 0 Å². The van der Waals surface area contributed by atoms with Crippen molar-refractivity contribution in [2.24, 2.45) is 0 Å². The highest BCUT2D eigenvalue weighted by Gasteiger charge is 2.28. The zero-order valence-electron chi connectivity index (χ0n) is 7.30. The highest BCUT2D eigenvalue weighted by Crippen LogP contribution is 2.21. The third-order valence-electron chi connectivity index (χ3n) is 2.49. The average molecular weight is 162 g/mol. The minimum atomic E-state index is 0.126. The van der Waals surface area contributed by atoms with Crippen molar-refractivity contribution in [2.45, 2.75) is 12.5 Å². The highest BCUT2D eigenvalue weighted by molar-refractivity contribution is 5.25. The van der Waals surface area contributed by atoms with Crippen molar-refractivity contribution < 1.29 is 0 Å². The second-order valence-electron chi connectivity index (χ2n) is 3.48. The molecule has 0 saturated carbocycles. The summed E-state index contributed by atoms with van der Waals surface area (Å²) in [4.78, 5) is 0. The van der Waals surface area contributed by atoms with E-state index in [1.54, 1.807) is 0 Å². The summed E-state index contributed by atoms with van der Waals surface area (Å²) < 4.78 is 0. The summed E-state index contributed by atoms with van der Waals surface area (Å²) in [7, 11) is 0. The van der Waals surface area contributed by atoms with Crippen LogP contribution in [0, 0.1) is 0 Å². The van der Waals surface area contributed by atoms with Gasteiger partial charge in [-0.25, -0.2) is 0 Å². The van der Waals surface area contributed by atoms with Gasteiger partial charge in [0, 0.05) is 13.2 Å². The zero-order chi connectivity index (χ0) is 8.44. The van der Waals surface area contributed by atoms with Crippen LogP contribution in [0.25, 0.3) is 0 Å². The molecular weight excluding hydrogens is 148 g/mol. The van der Waals surface area contributed by atoms with Crippen LogP contribution in [0.15, 0.2) is 30.3 Å². The molecule has 1 aromatic rings. The fourth-order valence-electron chi connectivity index (χ4n) is 1.64. The van der Waals surface area contributed by atoms with E-state index in [0.29, 0.717) is 0 Å². The molecule has 2 rings (SSSR count). The van der Waals surface area contributed by atoms with Gasteiger partial charge in [-0.2, -0.15) is 0 Å². The van der Waals surface area contributed by atoms with Crippen molar-refractivity contribution in [1.82, 2.24) is 10.6 Å².